The lowest BCUT2D eigenvalue weighted by Gasteiger charge is -2.35. The monoisotopic (exact) mass is 494 g/mol. The molecule has 34 heavy (non-hydrogen) atoms. The van der Waals surface area contributed by atoms with E-state index in [1.165, 1.54) is 6.07 Å². The molecular weight excluding hydrogens is 471 g/mol. The van der Waals surface area contributed by atoms with Gasteiger partial charge in [0.2, 0.25) is 0 Å². The zero-order valence-electron chi connectivity index (χ0n) is 19.0. The summed E-state index contributed by atoms with van der Waals surface area (Å²) in [5, 5.41) is 6.96. The van der Waals surface area contributed by atoms with E-state index in [9.17, 15) is 9.59 Å². The molecule has 5 nitrogen and oxygen atoms in total. The molecule has 0 aromatic heterocycles. The Balaban J connectivity index is 1.54. The number of ether oxygens (including phenoxy) is 1. The van der Waals surface area contributed by atoms with Crippen LogP contribution in [-0.4, -0.2) is 24.3 Å². The maximum absolute atomic E-state index is 13.1. The highest BCUT2D eigenvalue weighted by Gasteiger charge is 2.28. The molecule has 0 aliphatic carbocycles. The van der Waals surface area contributed by atoms with E-state index < -0.39 is 0 Å². The first-order valence-corrected chi connectivity index (χ1v) is 11.5. The van der Waals surface area contributed by atoms with E-state index in [2.05, 4.69) is 24.5 Å². The Kier molecular flexibility index (Phi) is 6.69. The number of carbonyl (C=O) groups excluding carboxylic acids is 2. The standard InChI is InChI=1S/C27H24Cl2N2O3/c1-27(2)15-18-6-10-20(34-3)13-21(18)24(31-27)14-25(32)16-4-8-19(9-5-16)30-26(33)17-7-11-22(28)23(29)12-17/h4-14,31H,15H2,1-3H3,(H,30,33). The fourth-order valence-electron chi connectivity index (χ4n) is 3.93. The lowest BCUT2D eigenvalue weighted by atomic mass is 9.85. The van der Waals surface area contributed by atoms with Crippen molar-refractivity contribution in [3.05, 3.63) is 99.0 Å². The fraction of sp³-hybridized carbons (Fsp3) is 0.185. The predicted molar refractivity (Wildman–Crippen MR) is 137 cm³/mol. The molecule has 1 heterocycles. The number of carbonyl (C=O) groups is 2. The smallest absolute Gasteiger partial charge is 0.255 e. The average molecular weight is 495 g/mol. The molecular formula is C27H24Cl2N2O3. The minimum atomic E-state index is -0.320. The number of anilines is 1. The summed E-state index contributed by atoms with van der Waals surface area (Å²) in [6.07, 6.45) is 2.45. The lowest BCUT2D eigenvalue weighted by Crippen LogP contribution is -2.43. The summed E-state index contributed by atoms with van der Waals surface area (Å²) < 4.78 is 5.37. The number of halogens is 2. The van der Waals surface area contributed by atoms with Crippen LogP contribution in [0.1, 0.15) is 45.7 Å². The van der Waals surface area contributed by atoms with Crippen molar-refractivity contribution < 1.29 is 14.3 Å². The summed E-state index contributed by atoms with van der Waals surface area (Å²) in [5.41, 5.74) is 4.14. The van der Waals surface area contributed by atoms with Crippen molar-refractivity contribution in [2.45, 2.75) is 25.8 Å². The van der Waals surface area contributed by atoms with Crippen LogP contribution in [0.4, 0.5) is 5.69 Å². The molecule has 0 fully saturated rings. The number of ketones is 1. The summed E-state index contributed by atoms with van der Waals surface area (Å²) in [7, 11) is 1.62. The van der Waals surface area contributed by atoms with E-state index in [0.717, 1.165) is 29.0 Å². The minimum absolute atomic E-state index is 0.142. The number of hydrogen-bond acceptors (Lipinski definition) is 4. The van der Waals surface area contributed by atoms with Crippen LogP contribution in [0.2, 0.25) is 10.0 Å². The first-order chi connectivity index (χ1) is 16.1. The molecule has 0 unspecified atom stereocenters. The van der Waals surface area contributed by atoms with Gasteiger partial charge in [-0.3, -0.25) is 9.59 Å². The minimum Gasteiger partial charge on any atom is -0.497 e. The van der Waals surface area contributed by atoms with Gasteiger partial charge in [0.05, 0.1) is 17.2 Å². The van der Waals surface area contributed by atoms with Gasteiger partial charge in [0, 0.05) is 39.7 Å². The largest absolute Gasteiger partial charge is 0.497 e. The Morgan fingerprint density at radius 1 is 0.971 bits per heavy atom. The second-order valence-corrected chi connectivity index (χ2v) is 9.61. The summed E-state index contributed by atoms with van der Waals surface area (Å²) in [4.78, 5) is 25.5. The SMILES string of the molecule is COc1ccc2c(c1)C(=CC(=O)c1ccc(NC(=O)c3ccc(Cl)c(Cl)c3)cc1)NC(C)(C)C2. The van der Waals surface area contributed by atoms with Crippen LogP contribution in [0.3, 0.4) is 0 Å². The molecule has 4 rings (SSSR count). The number of amides is 1. The Bertz CT molecular complexity index is 1300. The van der Waals surface area contributed by atoms with Gasteiger partial charge in [-0.15, -0.1) is 0 Å². The molecule has 0 radical (unpaired) electrons. The summed E-state index contributed by atoms with van der Waals surface area (Å²) in [6, 6.07) is 17.3. The van der Waals surface area contributed by atoms with Crippen molar-refractivity contribution in [3.8, 4) is 5.75 Å². The first-order valence-electron chi connectivity index (χ1n) is 10.7. The quantitative estimate of drug-likeness (QED) is 0.318. The van der Waals surface area contributed by atoms with Crippen LogP contribution in [-0.2, 0) is 6.42 Å². The Morgan fingerprint density at radius 2 is 1.68 bits per heavy atom. The van der Waals surface area contributed by atoms with Gasteiger partial charge in [0.25, 0.3) is 5.91 Å². The molecule has 2 N–H and O–H groups in total. The van der Waals surface area contributed by atoms with Crippen molar-refractivity contribution in [1.82, 2.24) is 5.32 Å². The average Bonchev–Trinajstić information content (AvgIpc) is 2.80. The number of fused-ring (bicyclic) bond motifs is 1. The van der Waals surface area contributed by atoms with Gasteiger partial charge in [-0.05, 0) is 80.4 Å². The molecule has 174 valence electrons. The van der Waals surface area contributed by atoms with Crippen LogP contribution < -0.4 is 15.4 Å². The number of benzene rings is 3. The van der Waals surface area contributed by atoms with E-state index in [4.69, 9.17) is 27.9 Å². The van der Waals surface area contributed by atoms with Gasteiger partial charge in [0.1, 0.15) is 5.75 Å². The van der Waals surface area contributed by atoms with E-state index >= 15 is 0 Å². The van der Waals surface area contributed by atoms with E-state index in [1.54, 1.807) is 49.6 Å². The van der Waals surface area contributed by atoms with Crippen LogP contribution in [0.15, 0.2) is 66.7 Å². The van der Waals surface area contributed by atoms with Gasteiger partial charge in [-0.25, -0.2) is 0 Å². The van der Waals surface area contributed by atoms with Crippen LogP contribution in [0, 0.1) is 0 Å². The Labute approximate surface area is 208 Å². The molecule has 7 heteroatoms. The summed E-state index contributed by atoms with van der Waals surface area (Å²) >= 11 is 11.9. The van der Waals surface area contributed by atoms with Gasteiger partial charge in [0.15, 0.2) is 5.78 Å². The van der Waals surface area contributed by atoms with Crippen molar-refractivity contribution in [1.29, 1.82) is 0 Å². The maximum Gasteiger partial charge on any atom is 0.255 e. The maximum atomic E-state index is 13.1. The van der Waals surface area contributed by atoms with Crippen molar-refractivity contribution in [2.24, 2.45) is 0 Å². The molecule has 1 aliphatic rings. The zero-order chi connectivity index (χ0) is 24.5. The highest BCUT2D eigenvalue weighted by atomic mass is 35.5. The molecule has 0 bridgehead atoms. The van der Waals surface area contributed by atoms with E-state index in [0.29, 0.717) is 26.9 Å². The van der Waals surface area contributed by atoms with Crippen molar-refractivity contribution >= 4 is 46.3 Å². The highest BCUT2D eigenvalue weighted by Crippen LogP contribution is 2.32. The molecule has 1 aliphatic heterocycles. The molecule has 0 saturated carbocycles. The second-order valence-electron chi connectivity index (χ2n) is 8.79. The highest BCUT2D eigenvalue weighted by molar-refractivity contribution is 6.42. The van der Waals surface area contributed by atoms with E-state index in [-0.39, 0.29) is 17.2 Å². The van der Waals surface area contributed by atoms with Gasteiger partial charge in [-0.1, -0.05) is 29.3 Å². The van der Waals surface area contributed by atoms with Crippen LogP contribution in [0.25, 0.3) is 5.70 Å². The van der Waals surface area contributed by atoms with Crippen LogP contribution in [0.5, 0.6) is 5.75 Å². The Morgan fingerprint density at radius 3 is 2.35 bits per heavy atom. The second kappa shape index (κ2) is 9.53. The molecule has 0 spiro atoms. The summed E-state index contributed by atoms with van der Waals surface area (Å²) in [6.45, 7) is 4.20. The third-order valence-corrected chi connectivity index (χ3v) is 6.34. The number of allylic oxidation sites excluding steroid dienone is 1. The number of methoxy groups -OCH3 is 1. The summed E-state index contributed by atoms with van der Waals surface area (Å²) in [5.74, 6) is 0.274. The third kappa shape index (κ3) is 5.27. The Hall–Kier alpha value is -3.28. The molecule has 3 aromatic carbocycles. The molecule has 3 aromatic rings. The fourth-order valence-corrected chi connectivity index (χ4v) is 4.22. The lowest BCUT2D eigenvalue weighted by molar-refractivity contribution is 0.102. The van der Waals surface area contributed by atoms with Gasteiger partial charge < -0.3 is 15.4 Å². The van der Waals surface area contributed by atoms with Crippen LogP contribution >= 0.6 is 23.2 Å². The number of nitrogens with one attached hydrogen (secondary N) is 2. The number of rotatable bonds is 5. The molecule has 0 saturated heterocycles. The van der Waals surface area contributed by atoms with E-state index in [1.807, 2.05) is 18.2 Å². The van der Waals surface area contributed by atoms with Crippen molar-refractivity contribution in [3.63, 3.8) is 0 Å². The first kappa shape index (κ1) is 23.9. The molecule has 0 atom stereocenters. The van der Waals surface area contributed by atoms with Gasteiger partial charge >= 0.3 is 0 Å². The third-order valence-electron chi connectivity index (χ3n) is 5.60. The molecule has 1 amide bonds. The topological polar surface area (TPSA) is 67.4 Å². The number of hydrogen-bond donors (Lipinski definition) is 2. The zero-order valence-corrected chi connectivity index (χ0v) is 20.6. The van der Waals surface area contributed by atoms with Crippen molar-refractivity contribution in [2.75, 3.05) is 12.4 Å². The normalized spacial score (nSPS) is 15.3. The van der Waals surface area contributed by atoms with Gasteiger partial charge in [-0.2, -0.15) is 0 Å². The predicted octanol–water partition coefficient (Wildman–Crippen LogP) is 6.40.